The smallest absolute Gasteiger partial charge is 0.234 e. The third-order valence-corrected chi connectivity index (χ3v) is 5.38. The van der Waals surface area contributed by atoms with Crippen molar-refractivity contribution in [1.82, 2.24) is 14.8 Å². The Morgan fingerprint density at radius 2 is 1.78 bits per heavy atom. The highest BCUT2D eigenvalue weighted by atomic mass is 32.2. The lowest BCUT2D eigenvalue weighted by atomic mass is 10.1. The molecule has 32 heavy (non-hydrogen) atoms. The average molecular weight is 459 g/mol. The molecule has 0 spiro atoms. The molecule has 1 amide bonds. The Balaban J connectivity index is 1.83. The van der Waals surface area contributed by atoms with E-state index in [1.807, 2.05) is 4.57 Å². The van der Waals surface area contributed by atoms with Crippen molar-refractivity contribution in [2.75, 3.05) is 32.4 Å². The highest BCUT2D eigenvalue weighted by Gasteiger charge is 2.20. The third kappa shape index (κ3) is 5.20. The number of benzene rings is 2. The molecular formula is C22H23FN4O4S. The highest BCUT2D eigenvalue weighted by molar-refractivity contribution is 7.99. The summed E-state index contributed by atoms with van der Waals surface area (Å²) in [6.07, 6.45) is 1.72. The van der Waals surface area contributed by atoms with Crippen LogP contribution < -0.4 is 19.5 Å². The summed E-state index contributed by atoms with van der Waals surface area (Å²) in [6, 6.07) is 9.13. The lowest BCUT2D eigenvalue weighted by molar-refractivity contribution is -0.113. The van der Waals surface area contributed by atoms with Crippen molar-refractivity contribution < 1.29 is 23.4 Å². The maximum absolute atomic E-state index is 13.0. The zero-order chi connectivity index (χ0) is 23.1. The molecule has 3 rings (SSSR count). The number of hydrogen-bond acceptors (Lipinski definition) is 7. The van der Waals surface area contributed by atoms with Gasteiger partial charge in [0.15, 0.2) is 22.5 Å². The first-order valence-electron chi connectivity index (χ1n) is 9.53. The van der Waals surface area contributed by atoms with Crippen molar-refractivity contribution in [1.29, 1.82) is 0 Å². The summed E-state index contributed by atoms with van der Waals surface area (Å²) in [5, 5.41) is 11.8. The number of anilines is 1. The summed E-state index contributed by atoms with van der Waals surface area (Å²) >= 11 is 1.23. The van der Waals surface area contributed by atoms with Crippen LogP contribution in [0.2, 0.25) is 0 Å². The molecule has 0 saturated carbocycles. The van der Waals surface area contributed by atoms with Crippen molar-refractivity contribution in [2.45, 2.75) is 11.7 Å². The first kappa shape index (κ1) is 23.1. The molecule has 10 heteroatoms. The molecular weight excluding hydrogens is 435 g/mol. The van der Waals surface area contributed by atoms with Crippen LogP contribution in [-0.2, 0) is 11.3 Å². The van der Waals surface area contributed by atoms with Crippen LogP contribution in [0.1, 0.15) is 0 Å². The summed E-state index contributed by atoms with van der Waals surface area (Å²) in [4.78, 5) is 12.3. The van der Waals surface area contributed by atoms with Gasteiger partial charge in [0.05, 0.1) is 27.1 Å². The number of rotatable bonds is 10. The summed E-state index contributed by atoms with van der Waals surface area (Å²) in [5.41, 5.74) is 1.22. The van der Waals surface area contributed by atoms with Gasteiger partial charge >= 0.3 is 0 Å². The van der Waals surface area contributed by atoms with Crippen LogP contribution in [0.15, 0.2) is 54.2 Å². The molecule has 1 heterocycles. The fourth-order valence-electron chi connectivity index (χ4n) is 2.97. The van der Waals surface area contributed by atoms with E-state index in [-0.39, 0.29) is 17.5 Å². The lowest BCUT2D eigenvalue weighted by Crippen LogP contribution is -2.14. The number of ether oxygens (including phenoxy) is 3. The van der Waals surface area contributed by atoms with E-state index in [1.165, 1.54) is 57.4 Å². The quantitative estimate of drug-likeness (QED) is 0.363. The van der Waals surface area contributed by atoms with Crippen LogP contribution in [0, 0.1) is 5.82 Å². The summed E-state index contributed by atoms with van der Waals surface area (Å²) in [5.74, 6) is 1.50. The zero-order valence-corrected chi connectivity index (χ0v) is 18.7. The molecule has 0 radical (unpaired) electrons. The second kappa shape index (κ2) is 10.7. The molecule has 0 fully saturated rings. The molecule has 0 aliphatic carbocycles. The molecule has 0 aliphatic heterocycles. The van der Waals surface area contributed by atoms with Gasteiger partial charge in [0, 0.05) is 17.8 Å². The van der Waals surface area contributed by atoms with Crippen LogP contribution in [-0.4, -0.2) is 47.8 Å². The Kier molecular flexibility index (Phi) is 7.72. The van der Waals surface area contributed by atoms with Gasteiger partial charge in [0.25, 0.3) is 0 Å². The molecule has 168 valence electrons. The van der Waals surface area contributed by atoms with Crippen molar-refractivity contribution in [3.05, 3.63) is 54.9 Å². The van der Waals surface area contributed by atoms with Crippen LogP contribution in [0.4, 0.5) is 10.1 Å². The van der Waals surface area contributed by atoms with Gasteiger partial charge in [-0.1, -0.05) is 17.8 Å². The maximum atomic E-state index is 13.0. The number of allylic oxidation sites excluding steroid dienone is 1. The molecule has 0 unspecified atom stereocenters. The van der Waals surface area contributed by atoms with Gasteiger partial charge in [-0.15, -0.1) is 16.8 Å². The van der Waals surface area contributed by atoms with Gasteiger partial charge < -0.3 is 19.5 Å². The minimum Gasteiger partial charge on any atom is -0.493 e. The van der Waals surface area contributed by atoms with E-state index in [2.05, 4.69) is 22.1 Å². The standard InChI is InChI=1S/C22H23FN4O4S/c1-5-10-27-21(14-11-17(29-2)20(31-4)18(12-14)30-3)25-26-22(27)32-13-19(28)24-16-8-6-15(23)7-9-16/h5-9,11-12H,1,10,13H2,2-4H3,(H,24,28). The van der Waals surface area contributed by atoms with Gasteiger partial charge in [-0.25, -0.2) is 4.39 Å². The van der Waals surface area contributed by atoms with E-state index in [4.69, 9.17) is 14.2 Å². The van der Waals surface area contributed by atoms with Gasteiger partial charge in [-0.05, 0) is 36.4 Å². The number of carbonyl (C=O) groups excluding carboxylic acids is 1. The highest BCUT2D eigenvalue weighted by Crippen LogP contribution is 2.41. The Labute approximate surface area is 189 Å². The molecule has 0 saturated heterocycles. The monoisotopic (exact) mass is 458 g/mol. The number of halogens is 1. The number of hydrogen-bond donors (Lipinski definition) is 1. The summed E-state index contributed by atoms with van der Waals surface area (Å²) < 4.78 is 31.1. The van der Waals surface area contributed by atoms with E-state index >= 15 is 0 Å². The number of methoxy groups -OCH3 is 3. The Hall–Kier alpha value is -3.53. The van der Waals surface area contributed by atoms with E-state index in [9.17, 15) is 9.18 Å². The normalized spacial score (nSPS) is 10.5. The Bertz CT molecular complexity index is 1080. The molecule has 1 aromatic heterocycles. The second-order valence-electron chi connectivity index (χ2n) is 6.46. The van der Waals surface area contributed by atoms with Crippen molar-refractivity contribution >= 4 is 23.4 Å². The molecule has 3 aromatic rings. The second-order valence-corrected chi connectivity index (χ2v) is 7.41. The van der Waals surface area contributed by atoms with Crippen molar-refractivity contribution in [3.63, 3.8) is 0 Å². The predicted molar refractivity (Wildman–Crippen MR) is 121 cm³/mol. The molecule has 2 aromatic carbocycles. The number of nitrogens with zero attached hydrogens (tertiary/aromatic N) is 3. The average Bonchev–Trinajstić information content (AvgIpc) is 3.21. The Morgan fingerprint density at radius 3 is 2.34 bits per heavy atom. The van der Waals surface area contributed by atoms with Gasteiger partial charge in [-0.3, -0.25) is 9.36 Å². The lowest BCUT2D eigenvalue weighted by Gasteiger charge is -2.14. The van der Waals surface area contributed by atoms with E-state index < -0.39 is 0 Å². The summed E-state index contributed by atoms with van der Waals surface area (Å²) in [7, 11) is 4.61. The SMILES string of the molecule is C=CCn1c(SCC(=O)Nc2ccc(F)cc2)nnc1-c1cc(OC)c(OC)c(OC)c1. The van der Waals surface area contributed by atoms with Crippen molar-refractivity contribution in [3.8, 4) is 28.6 Å². The first-order valence-corrected chi connectivity index (χ1v) is 10.5. The van der Waals surface area contributed by atoms with E-state index in [1.54, 1.807) is 18.2 Å². The topological polar surface area (TPSA) is 87.5 Å². The molecule has 0 atom stereocenters. The van der Waals surface area contributed by atoms with Crippen LogP contribution >= 0.6 is 11.8 Å². The minimum atomic E-state index is -0.366. The number of aromatic nitrogens is 3. The fraction of sp³-hybridized carbons (Fsp3) is 0.227. The van der Waals surface area contributed by atoms with Crippen LogP contribution in [0.3, 0.4) is 0 Å². The van der Waals surface area contributed by atoms with E-state index in [0.29, 0.717) is 46.0 Å². The van der Waals surface area contributed by atoms with Gasteiger partial charge in [0.1, 0.15) is 5.82 Å². The van der Waals surface area contributed by atoms with Crippen molar-refractivity contribution in [2.24, 2.45) is 0 Å². The largest absolute Gasteiger partial charge is 0.493 e. The third-order valence-electron chi connectivity index (χ3n) is 4.41. The predicted octanol–water partition coefficient (Wildman–Crippen LogP) is 4.03. The van der Waals surface area contributed by atoms with Crippen LogP contribution in [0.5, 0.6) is 17.2 Å². The fourth-order valence-corrected chi connectivity index (χ4v) is 3.72. The molecule has 0 aliphatic rings. The summed E-state index contributed by atoms with van der Waals surface area (Å²) in [6.45, 7) is 4.23. The maximum Gasteiger partial charge on any atom is 0.234 e. The van der Waals surface area contributed by atoms with Gasteiger partial charge in [0.2, 0.25) is 11.7 Å². The molecule has 8 nitrogen and oxygen atoms in total. The van der Waals surface area contributed by atoms with Gasteiger partial charge in [-0.2, -0.15) is 0 Å². The molecule has 1 N–H and O–H groups in total. The number of amides is 1. The number of thioether (sulfide) groups is 1. The molecule has 0 bridgehead atoms. The first-order chi connectivity index (χ1) is 15.5. The Morgan fingerprint density at radius 1 is 1.12 bits per heavy atom. The minimum absolute atomic E-state index is 0.0991. The van der Waals surface area contributed by atoms with E-state index in [0.717, 1.165) is 0 Å². The zero-order valence-electron chi connectivity index (χ0n) is 17.9. The van der Waals surface area contributed by atoms with Crippen LogP contribution in [0.25, 0.3) is 11.4 Å². The number of nitrogens with one attached hydrogen (secondary N) is 1. The number of carbonyl (C=O) groups is 1.